The molecule has 2 aromatic rings. The number of rotatable bonds is 4. The van der Waals surface area contributed by atoms with Crippen molar-refractivity contribution in [1.29, 1.82) is 0 Å². The average molecular weight is 189 g/mol. The topological polar surface area (TPSA) is 40.7 Å². The maximum absolute atomic E-state index is 4.08. The van der Waals surface area contributed by atoms with E-state index in [9.17, 15) is 0 Å². The third-order valence-corrected chi connectivity index (χ3v) is 2.39. The van der Waals surface area contributed by atoms with Gasteiger partial charge in [-0.15, -0.1) is 0 Å². The molecule has 74 valence electrons. The lowest BCUT2D eigenvalue weighted by molar-refractivity contribution is 0.718. The smallest absolute Gasteiger partial charge is 0.0643 e. The lowest BCUT2D eigenvalue weighted by Crippen LogP contribution is -2.15. The number of likely N-dealkylation sites (N-methyl/N-ethyl adjacent to an activating group) is 1. The molecule has 0 bridgehead atoms. The van der Waals surface area contributed by atoms with Gasteiger partial charge in [-0.3, -0.25) is 4.98 Å². The van der Waals surface area contributed by atoms with Crippen LogP contribution in [0, 0.1) is 0 Å². The van der Waals surface area contributed by atoms with Gasteiger partial charge in [0.25, 0.3) is 0 Å². The summed E-state index contributed by atoms with van der Waals surface area (Å²) in [4.78, 5) is 7.30. The second-order valence-corrected chi connectivity index (χ2v) is 3.34. The van der Waals surface area contributed by atoms with Gasteiger partial charge >= 0.3 is 0 Å². The fourth-order valence-electron chi connectivity index (χ4n) is 1.64. The molecular formula is C11H15N3. The molecule has 0 amide bonds. The lowest BCUT2D eigenvalue weighted by Gasteiger charge is -1.99. The van der Waals surface area contributed by atoms with Crippen LogP contribution in [0.4, 0.5) is 0 Å². The molecule has 0 atom stereocenters. The first-order chi connectivity index (χ1) is 6.92. The van der Waals surface area contributed by atoms with Crippen molar-refractivity contribution in [2.24, 2.45) is 0 Å². The molecule has 2 aromatic heterocycles. The van der Waals surface area contributed by atoms with Crippen molar-refractivity contribution >= 4 is 10.9 Å². The first kappa shape index (κ1) is 9.21. The first-order valence-electron chi connectivity index (χ1n) is 5.02. The van der Waals surface area contributed by atoms with E-state index in [1.807, 2.05) is 12.4 Å². The molecule has 0 unspecified atom stereocenters. The van der Waals surface area contributed by atoms with Gasteiger partial charge in [0.15, 0.2) is 0 Å². The summed E-state index contributed by atoms with van der Waals surface area (Å²) in [6.45, 7) is 4.19. The van der Waals surface area contributed by atoms with E-state index in [-0.39, 0.29) is 0 Å². The van der Waals surface area contributed by atoms with Crippen molar-refractivity contribution in [3.05, 3.63) is 30.2 Å². The van der Waals surface area contributed by atoms with Gasteiger partial charge in [0.2, 0.25) is 0 Å². The van der Waals surface area contributed by atoms with Crippen LogP contribution in [0.5, 0.6) is 0 Å². The molecule has 2 heterocycles. The van der Waals surface area contributed by atoms with Crippen LogP contribution in [0.2, 0.25) is 0 Å². The van der Waals surface area contributed by atoms with Crippen molar-refractivity contribution in [2.75, 3.05) is 13.1 Å². The van der Waals surface area contributed by atoms with Crippen molar-refractivity contribution in [3.63, 3.8) is 0 Å². The summed E-state index contributed by atoms with van der Waals surface area (Å²) in [5.41, 5.74) is 2.49. The number of H-pyrrole nitrogens is 1. The molecule has 3 heteroatoms. The summed E-state index contributed by atoms with van der Waals surface area (Å²) in [5.74, 6) is 0. The van der Waals surface area contributed by atoms with Crippen LogP contribution >= 0.6 is 0 Å². The van der Waals surface area contributed by atoms with Crippen LogP contribution in [0.1, 0.15) is 12.5 Å². The molecule has 0 aliphatic heterocycles. The lowest BCUT2D eigenvalue weighted by atomic mass is 10.1. The van der Waals surface area contributed by atoms with Gasteiger partial charge in [-0.1, -0.05) is 6.92 Å². The highest BCUT2D eigenvalue weighted by molar-refractivity contribution is 5.82. The minimum absolute atomic E-state index is 1.03. The normalized spacial score (nSPS) is 10.9. The van der Waals surface area contributed by atoms with Crippen molar-refractivity contribution in [3.8, 4) is 0 Å². The zero-order valence-corrected chi connectivity index (χ0v) is 8.38. The Morgan fingerprint density at radius 1 is 1.50 bits per heavy atom. The number of fused-ring (bicyclic) bond motifs is 1. The molecule has 0 aliphatic carbocycles. The van der Waals surface area contributed by atoms with Crippen molar-refractivity contribution < 1.29 is 0 Å². The maximum Gasteiger partial charge on any atom is 0.0643 e. The van der Waals surface area contributed by atoms with Crippen LogP contribution in [0.3, 0.4) is 0 Å². The minimum atomic E-state index is 1.03. The summed E-state index contributed by atoms with van der Waals surface area (Å²) in [5, 5.41) is 4.61. The van der Waals surface area contributed by atoms with Gasteiger partial charge in [0.1, 0.15) is 0 Å². The largest absolute Gasteiger partial charge is 0.360 e. The molecule has 0 aromatic carbocycles. The highest BCUT2D eigenvalue weighted by Crippen LogP contribution is 2.16. The van der Waals surface area contributed by atoms with Gasteiger partial charge in [-0.2, -0.15) is 0 Å². The molecule has 0 spiro atoms. The predicted molar refractivity (Wildman–Crippen MR) is 58.3 cm³/mol. The zero-order valence-electron chi connectivity index (χ0n) is 8.38. The van der Waals surface area contributed by atoms with Crippen molar-refractivity contribution in [2.45, 2.75) is 13.3 Å². The van der Waals surface area contributed by atoms with Crippen LogP contribution in [-0.4, -0.2) is 23.1 Å². The predicted octanol–water partition coefficient (Wildman–Crippen LogP) is 1.71. The van der Waals surface area contributed by atoms with E-state index in [4.69, 9.17) is 0 Å². The monoisotopic (exact) mass is 189 g/mol. The number of nitrogens with one attached hydrogen (secondary N) is 2. The summed E-state index contributed by atoms with van der Waals surface area (Å²) in [6, 6.07) is 2.06. The Balaban J connectivity index is 2.17. The SMILES string of the molecule is CCNCCc1c[nH]c2cnccc12. The average Bonchev–Trinajstić information content (AvgIpc) is 2.63. The van der Waals surface area contributed by atoms with Crippen LogP contribution in [-0.2, 0) is 6.42 Å². The Labute approximate surface area is 83.6 Å². The Hall–Kier alpha value is -1.35. The molecule has 0 aliphatic rings. The quantitative estimate of drug-likeness (QED) is 0.719. The molecule has 0 saturated carbocycles. The number of pyridine rings is 1. The molecule has 0 fully saturated rings. The molecule has 2 N–H and O–H groups in total. The number of aromatic nitrogens is 2. The maximum atomic E-state index is 4.08. The van der Waals surface area contributed by atoms with Gasteiger partial charge in [-0.25, -0.2) is 0 Å². The fourth-order valence-corrected chi connectivity index (χ4v) is 1.64. The van der Waals surface area contributed by atoms with Gasteiger partial charge in [-0.05, 0) is 31.1 Å². The highest BCUT2D eigenvalue weighted by Gasteiger charge is 2.01. The third kappa shape index (κ3) is 1.77. The van der Waals surface area contributed by atoms with Crippen LogP contribution in [0.25, 0.3) is 10.9 Å². The molecule has 3 nitrogen and oxygen atoms in total. The number of hydrogen-bond donors (Lipinski definition) is 2. The summed E-state index contributed by atoms with van der Waals surface area (Å²) in [6.07, 6.45) is 6.85. The Morgan fingerprint density at radius 2 is 2.43 bits per heavy atom. The number of hydrogen-bond acceptors (Lipinski definition) is 2. The summed E-state index contributed by atoms with van der Waals surface area (Å²) >= 11 is 0. The second kappa shape index (κ2) is 4.24. The molecule has 14 heavy (non-hydrogen) atoms. The molecular weight excluding hydrogens is 174 g/mol. The Kier molecular flexibility index (Phi) is 2.79. The van der Waals surface area contributed by atoms with Crippen LogP contribution in [0.15, 0.2) is 24.7 Å². The van der Waals surface area contributed by atoms with E-state index in [2.05, 4.69) is 34.5 Å². The molecule has 0 saturated heterocycles. The highest BCUT2D eigenvalue weighted by atomic mass is 14.8. The van der Waals surface area contributed by atoms with E-state index in [1.54, 1.807) is 0 Å². The first-order valence-corrected chi connectivity index (χ1v) is 5.02. The van der Waals surface area contributed by atoms with Gasteiger partial charge < -0.3 is 10.3 Å². The second-order valence-electron chi connectivity index (χ2n) is 3.34. The van der Waals surface area contributed by atoms with Crippen LogP contribution < -0.4 is 5.32 Å². The van der Waals surface area contributed by atoms with E-state index >= 15 is 0 Å². The van der Waals surface area contributed by atoms with E-state index in [1.165, 1.54) is 10.9 Å². The summed E-state index contributed by atoms with van der Waals surface area (Å²) in [7, 11) is 0. The van der Waals surface area contributed by atoms with Gasteiger partial charge in [0, 0.05) is 17.8 Å². The number of nitrogens with zero attached hydrogens (tertiary/aromatic N) is 1. The standard InChI is InChI=1S/C11H15N3/c1-2-12-5-3-9-7-14-11-8-13-6-4-10(9)11/h4,6-8,12,14H,2-3,5H2,1H3. The molecule has 0 radical (unpaired) electrons. The van der Waals surface area contributed by atoms with E-state index in [0.717, 1.165) is 25.0 Å². The Morgan fingerprint density at radius 3 is 3.29 bits per heavy atom. The number of aromatic amines is 1. The molecule has 2 rings (SSSR count). The third-order valence-electron chi connectivity index (χ3n) is 2.39. The van der Waals surface area contributed by atoms with Crippen molar-refractivity contribution in [1.82, 2.24) is 15.3 Å². The van der Waals surface area contributed by atoms with E-state index in [0.29, 0.717) is 0 Å². The fraction of sp³-hybridized carbons (Fsp3) is 0.364. The van der Waals surface area contributed by atoms with E-state index < -0.39 is 0 Å². The minimum Gasteiger partial charge on any atom is -0.360 e. The van der Waals surface area contributed by atoms with Gasteiger partial charge in [0.05, 0.1) is 11.7 Å². The summed E-state index contributed by atoms with van der Waals surface area (Å²) < 4.78 is 0. The Bertz CT molecular complexity index is 406. The zero-order chi connectivity index (χ0) is 9.80.